The molecular formula is C49H63N8O25P3S2. The molecule has 4 amide bonds. The molecule has 6 rings (SSSR count). The second kappa shape index (κ2) is 29.6. The van der Waals surface area contributed by atoms with E-state index in [0.29, 0.717) is 51.6 Å². The molecule has 3 heterocycles. The summed E-state index contributed by atoms with van der Waals surface area (Å²) in [6, 6.07) is 11.1. The first-order valence-electron chi connectivity index (χ1n) is 26.3. The molecule has 87 heavy (non-hydrogen) atoms. The quantitative estimate of drug-likeness (QED) is 0.00943. The summed E-state index contributed by atoms with van der Waals surface area (Å²) in [7, 11) is -26.0. The molecule has 5 atom stereocenters. The molecule has 2 unspecified atom stereocenters. The first-order chi connectivity index (χ1) is 40.7. The van der Waals surface area contributed by atoms with Crippen LogP contribution in [0.3, 0.4) is 0 Å². The Bertz CT molecular complexity index is 3960. The van der Waals surface area contributed by atoms with Gasteiger partial charge in [0.25, 0.3) is 11.5 Å². The Hall–Kier alpha value is -6.62. The van der Waals surface area contributed by atoms with E-state index in [1.165, 1.54) is 54.4 Å². The summed E-state index contributed by atoms with van der Waals surface area (Å²) < 4.78 is 131. The molecule has 2 aromatic carbocycles. The summed E-state index contributed by atoms with van der Waals surface area (Å²) >= 11 is 0. The third-order valence-corrected chi connectivity index (χ3v) is 18.7. The van der Waals surface area contributed by atoms with Gasteiger partial charge in [-0.2, -0.15) is 17.0 Å². The van der Waals surface area contributed by atoms with Crippen molar-refractivity contribution in [3.05, 3.63) is 98.1 Å². The molecular weight excluding hydrogens is 1260 g/mol. The smallest absolute Gasteiger partial charge is 0.490 e. The minimum absolute atomic E-state index is 0.00699. The van der Waals surface area contributed by atoms with E-state index in [-0.39, 0.29) is 96.1 Å². The Morgan fingerprint density at radius 2 is 1.46 bits per heavy atom. The predicted molar refractivity (Wildman–Crippen MR) is 302 cm³/mol. The van der Waals surface area contributed by atoms with E-state index in [2.05, 4.69) is 34.1 Å². The Labute approximate surface area is 494 Å². The molecule has 1 fully saturated rings. The summed E-state index contributed by atoms with van der Waals surface area (Å²) in [6.07, 6.45) is 3.60. The van der Waals surface area contributed by atoms with Crippen LogP contribution in [-0.2, 0) is 66.2 Å². The van der Waals surface area contributed by atoms with Gasteiger partial charge in [0.2, 0.25) is 28.0 Å². The van der Waals surface area contributed by atoms with Gasteiger partial charge in [-0.15, -0.1) is 0 Å². The molecule has 38 heteroatoms. The molecule has 1 aromatic heterocycles. The van der Waals surface area contributed by atoms with Crippen LogP contribution in [0.4, 0.5) is 5.69 Å². The zero-order valence-corrected chi connectivity index (χ0v) is 50.4. The number of nitrogen functional groups attached to an aromatic ring is 1. The number of amides is 4. The molecule has 33 nitrogen and oxygen atoms in total. The lowest BCUT2D eigenvalue weighted by atomic mass is 9.90. The van der Waals surface area contributed by atoms with Gasteiger partial charge in [0.05, 0.1) is 24.0 Å². The number of phosphoric ester groups is 1. The number of nitrogens with zero attached hydrogens (tertiary/aromatic N) is 2. The van der Waals surface area contributed by atoms with E-state index in [1.54, 1.807) is 12.1 Å². The van der Waals surface area contributed by atoms with Gasteiger partial charge in [-0.05, 0) is 61.9 Å². The molecule has 0 bridgehead atoms. The van der Waals surface area contributed by atoms with Gasteiger partial charge in [-0.1, -0.05) is 43.2 Å². The van der Waals surface area contributed by atoms with Crippen LogP contribution in [0.1, 0.15) is 92.8 Å². The minimum Gasteiger partial charge on any atom is -0.744 e. The molecule has 3 aliphatic rings. The highest BCUT2D eigenvalue weighted by atomic mass is 32.2. The van der Waals surface area contributed by atoms with Gasteiger partial charge in [-0.3, -0.25) is 48.0 Å². The van der Waals surface area contributed by atoms with Crippen molar-refractivity contribution in [2.45, 2.75) is 98.9 Å². The van der Waals surface area contributed by atoms with Crippen LogP contribution in [-0.4, -0.2) is 141 Å². The van der Waals surface area contributed by atoms with E-state index in [4.69, 9.17) is 30.1 Å². The number of hydrogen-bond acceptors (Lipinski definition) is 21. The number of nitrogens with two attached hydrogens (primary N) is 2. The number of carbonyl (C=O) groups is 4. The molecule has 1 aliphatic carbocycles. The maximum atomic E-state index is 14.1. The van der Waals surface area contributed by atoms with Crippen LogP contribution in [0.15, 0.2) is 84.6 Å². The summed E-state index contributed by atoms with van der Waals surface area (Å²) in [5.41, 5.74) is 3.19. The topological polar surface area (TPSA) is 528 Å². The SMILES string of the molecule is CN(CCCC(=O)NCCCCCC(=O)NCCCCCC(=O)NC/C=C/c1cn([C@H]2C[C@H](O)[C@@H](COP(=O)(O)OP(=O)(O)OP(=O)(O)O)O2)c(=O)[nH]c1=O)C(=O)c1ccccc1-c1c2ccc(=[NH2+])c(S(=O)(=O)O)c-2oc2c(S(=O)(=O)[O-])c(N)ccc12. The van der Waals surface area contributed by atoms with Gasteiger partial charge < -0.3 is 65.0 Å². The second-order valence-electron chi connectivity index (χ2n) is 19.6. The number of ether oxygens (including phenoxy) is 1. The van der Waals surface area contributed by atoms with Crippen molar-refractivity contribution in [3.63, 3.8) is 0 Å². The number of aliphatic hydroxyl groups excluding tert-OH is 1. The number of aliphatic hydroxyl groups is 1. The predicted octanol–water partition coefficient (Wildman–Crippen LogP) is 0.474. The van der Waals surface area contributed by atoms with E-state index in [9.17, 15) is 83.3 Å². The van der Waals surface area contributed by atoms with Crippen LogP contribution in [0.5, 0.6) is 0 Å². The average molecular weight is 1320 g/mol. The van der Waals surface area contributed by atoms with Crippen LogP contribution in [0.2, 0.25) is 0 Å². The average Bonchev–Trinajstić information content (AvgIpc) is 1.12. The van der Waals surface area contributed by atoms with Crippen molar-refractivity contribution in [1.29, 1.82) is 0 Å². The minimum atomic E-state index is -5.80. The van der Waals surface area contributed by atoms with Gasteiger partial charge in [-0.25, -0.2) is 26.9 Å². The number of unbranched alkanes of at least 4 members (excludes halogenated alkanes) is 4. The second-order valence-corrected chi connectivity index (χ2v) is 26.7. The lowest BCUT2D eigenvalue weighted by Gasteiger charge is -2.23. The number of aromatic amines is 1. The fraction of sp³-hybridized carbons (Fsp3) is 0.408. The Balaban J connectivity index is 0.848. The highest BCUT2D eigenvalue weighted by Gasteiger charge is 2.43. The number of benzene rings is 3. The summed E-state index contributed by atoms with van der Waals surface area (Å²) in [5.74, 6) is -1.87. The number of H-pyrrole nitrogens is 1. The van der Waals surface area contributed by atoms with E-state index < -0.39 is 118 Å². The molecule has 3 aromatic rings. The largest absolute Gasteiger partial charge is 0.744 e. The number of rotatable bonds is 31. The number of fused-ring (bicyclic) bond motifs is 2. The molecule has 1 saturated heterocycles. The molecule has 0 radical (unpaired) electrons. The normalized spacial score (nSPS) is 17.0. The number of hydrogen-bond donors (Lipinski definition) is 12. The van der Waals surface area contributed by atoms with Crippen molar-refractivity contribution >= 4 is 90.1 Å². The van der Waals surface area contributed by atoms with E-state index >= 15 is 0 Å². The fourth-order valence-electron chi connectivity index (χ4n) is 9.08. The molecule has 0 spiro atoms. The number of nitrogens with one attached hydrogen (secondary N) is 4. The lowest BCUT2D eigenvalue weighted by molar-refractivity contribution is -0.176. The van der Waals surface area contributed by atoms with Crippen molar-refractivity contribution in [3.8, 4) is 22.5 Å². The first kappa shape index (κ1) is 69.5. The van der Waals surface area contributed by atoms with Crippen molar-refractivity contribution < 1.29 is 111 Å². The van der Waals surface area contributed by atoms with Gasteiger partial charge in [0.15, 0.2) is 11.3 Å². The number of anilines is 1. The number of carbonyl (C=O) groups excluding carboxylic acids is 4. The Kier molecular flexibility index (Phi) is 23.6. The highest BCUT2D eigenvalue weighted by molar-refractivity contribution is 7.86. The lowest BCUT2D eigenvalue weighted by Crippen LogP contribution is -2.47. The maximum absolute atomic E-state index is 14.1. The van der Waals surface area contributed by atoms with Crippen LogP contribution < -0.4 is 43.7 Å². The number of phosphoric acid groups is 3. The molecule has 2 aliphatic heterocycles. The Morgan fingerprint density at radius 1 is 0.839 bits per heavy atom. The van der Waals surface area contributed by atoms with Gasteiger partial charge in [0, 0.05) is 93.2 Å². The maximum Gasteiger partial charge on any atom is 0.490 e. The van der Waals surface area contributed by atoms with Gasteiger partial charge in [0.1, 0.15) is 27.3 Å². The fourth-order valence-corrected chi connectivity index (χ4v) is 13.6. The third-order valence-electron chi connectivity index (χ3n) is 13.1. The summed E-state index contributed by atoms with van der Waals surface area (Å²) in [6.45, 7) is -0.149. The standard InChI is InChI=1S/C49H63N8O25P3S2/c1-56(48(63)31-14-7-6-13-30(31)42-32-18-20-34(50)45(86(72,73)74)43(32)80-44-33(42)19-21-35(51)46(44)87(75,76)77)25-11-17-40(61)53-23-9-2-4-15-38(59)52-22-8-3-5-16-39(60)54-24-10-12-29-27-57(49(64)55-47(29)62)41-26-36(58)37(79-41)28-78-84(68,69)82-85(70,71)81-83(65,66)67/h6-7,10,12-14,18-21,27,36-37,41,50,58H,2-5,8-9,11,15-17,22-26,28,51H2,1H3,(H,52,59)(H,53,61)(H,54,60)(H,68,69)(H,70,71)(H,55,62,64)(H2,65,66,67)(H,72,73,74)(H,75,76,77)/b12-10+,50-34?/t36-,37+,41+/m0/s1. The van der Waals surface area contributed by atoms with Crippen molar-refractivity contribution in [2.75, 3.05) is 45.6 Å². The van der Waals surface area contributed by atoms with Crippen molar-refractivity contribution in [2.24, 2.45) is 0 Å². The van der Waals surface area contributed by atoms with Gasteiger partial charge >= 0.3 is 39.3 Å². The van der Waals surface area contributed by atoms with E-state index in [1.807, 2.05) is 0 Å². The first-order valence-corrected chi connectivity index (χ1v) is 33.7. The van der Waals surface area contributed by atoms with Crippen LogP contribution in [0, 0.1) is 0 Å². The molecule has 476 valence electrons. The Morgan fingerprint density at radius 3 is 2.08 bits per heavy atom. The summed E-state index contributed by atoms with van der Waals surface area (Å²) in [4.78, 5) is 114. The molecule has 0 saturated carbocycles. The summed E-state index contributed by atoms with van der Waals surface area (Å²) in [5, 5.41) is 24.2. The zero-order valence-electron chi connectivity index (χ0n) is 46.0. The van der Waals surface area contributed by atoms with Crippen molar-refractivity contribution in [1.82, 2.24) is 30.4 Å². The van der Waals surface area contributed by atoms with E-state index in [0.717, 1.165) is 16.8 Å². The highest BCUT2D eigenvalue weighted by Crippen LogP contribution is 2.66. The zero-order chi connectivity index (χ0) is 64.2. The monoisotopic (exact) mass is 1320 g/mol. The van der Waals surface area contributed by atoms with Crippen LogP contribution in [0.25, 0.3) is 39.5 Å². The number of aromatic nitrogens is 2. The van der Waals surface area contributed by atoms with Crippen LogP contribution >= 0.6 is 23.5 Å². The third kappa shape index (κ3) is 19.7. The molecule has 14 N–H and O–H groups in total.